The van der Waals surface area contributed by atoms with Crippen molar-refractivity contribution in [2.45, 2.75) is 43.6 Å². The number of rotatable bonds is 6. The molecule has 1 aromatic carbocycles. The molecule has 2 aliphatic rings. The summed E-state index contributed by atoms with van der Waals surface area (Å²) in [6.07, 6.45) is 2.21. The fourth-order valence-corrected chi connectivity index (χ4v) is 4.22. The van der Waals surface area contributed by atoms with E-state index < -0.39 is 0 Å². The van der Waals surface area contributed by atoms with Gasteiger partial charge in [-0.25, -0.2) is 9.97 Å². The first-order chi connectivity index (χ1) is 14.0. The SMILES string of the molecule is Cc1nc(SCc2ccc(C(=O)NC3CC3)cc2)nc(N2CCN(C)CC2)c1C. The number of nitrogens with zero attached hydrogens (tertiary/aromatic N) is 4. The second-order valence-corrected chi connectivity index (χ2v) is 9.01. The Hall–Kier alpha value is -2.12. The first-order valence-corrected chi connectivity index (χ1v) is 11.3. The topological polar surface area (TPSA) is 61.4 Å². The maximum Gasteiger partial charge on any atom is 0.251 e. The first-order valence-electron chi connectivity index (χ1n) is 10.3. The predicted molar refractivity (Wildman–Crippen MR) is 118 cm³/mol. The lowest BCUT2D eigenvalue weighted by Crippen LogP contribution is -2.45. The van der Waals surface area contributed by atoms with Gasteiger partial charge in [0.2, 0.25) is 0 Å². The van der Waals surface area contributed by atoms with Gasteiger partial charge in [0, 0.05) is 54.8 Å². The zero-order valence-corrected chi connectivity index (χ0v) is 18.3. The van der Waals surface area contributed by atoms with Crippen molar-refractivity contribution in [2.24, 2.45) is 0 Å². The van der Waals surface area contributed by atoms with Crippen LogP contribution in [0.3, 0.4) is 0 Å². The molecule has 1 amide bonds. The highest BCUT2D eigenvalue weighted by atomic mass is 32.2. The summed E-state index contributed by atoms with van der Waals surface area (Å²) in [5.74, 6) is 1.89. The minimum atomic E-state index is 0.0287. The van der Waals surface area contributed by atoms with Crippen LogP contribution in [0.25, 0.3) is 0 Å². The molecule has 1 saturated carbocycles. The van der Waals surface area contributed by atoms with E-state index in [1.165, 1.54) is 11.1 Å². The summed E-state index contributed by atoms with van der Waals surface area (Å²) in [4.78, 5) is 26.4. The van der Waals surface area contributed by atoms with Crippen LogP contribution in [-0.2, 0) is 5.75 Å². The lowest BCUT2D eigenvalue weighted by Gasteiger charge is -2.34. The summed E-state index contributed by atoms with van der Waals surface area (Å²) in [7, 11) is 2.16. The standard InChI is InChI=1S/C22H29N5OS/c1-15-16(2)23-22(25-20(15)27-12-10-26(3)11-13-27)29-14-17-4-6-18(7-5-17)21(28)24-19-8-9-19/h4-7,19H,8-14H2,1-3H3,(H,24,28). The van der Waals surface area contributed by atoms with Gasteiger partial charge in [0.15, 0.2) is 5.16 Å². The van der Waals surface area contributed by atoms with E-state index in [1.807, 2.05) is 24.3 Å². The van der Waals surface area contributed by atoms with Gasteiger partial charge in [-0.1, -0.05) is 23.9 Å². The van der Waals surface area contributed by atoms with Gasteiger partial charge in [0.1, 0.15) is 5.82 Å². The van der Waals surface area contributed by atoms with Gasteiger partial charge < -0.3 is 15.1 Å². The number of nitrogens with one attached hydrogen (secondary N) is 1. The number of aromatic nitrogens is 2. The summed E-state index contributed by atoms with van der Waals surface area (Å²) in [5, 5.41) is 3.84. The van der Waals surface area contributed by atoms with Crippen LogP contribution in [-0.4, -0.2) is 60.0 Å². The Labute approximate surface area is 177 Å². The lowest BCUT2D eigenvalue weighted by atomic mass is 10.1. The molecular formula is C22H29N5OS. The molecule has 1 N–H and O–H groups in total. The number of hydrogen-bond acceptors (Lipinski definition) is 6. The average molecular weight is 412 g/mol. The van der Waals surface area contributed by atoms with Crippen LogP contribution in [0.5, 0.6) is 0 Å². The van der Waals surface area contributed by atoms with Crippen molar-refractivity contribution in [1.29, 1.82) is 0 Å². The number of carbonyl (C=O) groups excluding carboxylic acids is 1. The van der Waals surface area contributed by atoms with E-state index in [0.717, 1.165) is 67.0 Å². The van der Waals surface area contributed by atoms with Crippen LogP contribution in [0.1, 0.15) is 40.0 Å². The number of piperazine rings is 1. The Kier molecular flexibility index (Phi) is 6.06. The molecule has 0 unspecified atom stereocenters. The molecule has 7 heteroatoms. The Bertz CT molecular complexity index is 874. The van der Waals surface area contributed by atoms with E-state index in [0.29, 0.717) is 6.04 Å². The molecule has 2 heterocycles. The number of likely N-dealkylation sites (N-methyl/N-ethyl adjacent to an activating group) is 1. The molecule has 1 aliphatic heterocycles. The highest BCUT2D eigenvalue weighted by Gasteiger charge is 2.23. The average Bonchev–Trinajstić information content (AvgIpc) is 3.54. The summed E-state index contributed by atoms with van der Waals surface area (Å²) in [5.41, 5.74) is 4.11. The monoisotopic (exact) mass is 411 g/mol. The van der Waals surface area contributed by atoms with Crippen LogP contribution in [0.2, 0.25) is 0 Å². The van der Waals surface area contributed by atoms with Gasteiger partial charge in [-0.3, -0.25) is 4.79 Å². The largest absolute Gasteiger partial charge is 0.354 e. The number of thioether (sulfide) groups is 1. The van der Waals surface area contributed by atoms with Crippen molar-refractivity contribution in [1.82, 2.24) is 20.2 Å². The van der Waals surface area contributed by atoms with Crippen molar-refractivity contribution < 1.29 is 4.79 Å². The molecule has 0 spiro atoms. The molecule has 29 heavy (non-hydrogen) atoms. The van der Waals surface area contributed by atoms with Crippen molar-refractivity contribution in [3.63, 3.8) is 0 Å². The van der Waals surface area contributed by atoms with E-state index >= 15 is 0 Å². The number of hydrogen-bond donors (Lipinski definition) is 1. The predicted octanol–water partition coefficient (Wildman–Crippen LogP) is 3.03. The van der Waals surface area contributed by atoms with E-state index in [-0.39, 0.29) is 5.91 Å². The van der Waals surface area contributed by atoms with Gasteiger partial charge >= 0.3 is 0 Å². The van der Waals surface area contributed by atoms with E-state index in [4.69, 9.17) is 9.97 Å². The first kappa shape index (κ1) is 20.2. The maximum absolute atomic E-state index is 12.1. The summed E-state index contributed by atoms with van der Waals surface area (Å²) >= 11 is 1.65. The molecule has 0 radical (unpaired) electrons. The third kappa shape index (κ3) is 5.08. The van der Waals surface area contributed by atoms with Crippen molar-refractivity contribution in [3.8, 4) is 0 Å². The van der Waals surface area contributed by atoms with Crippen molar-refractivity contribution in [2.75, 3.05) is 38.1 Å². The Morgan fingerprint density at radius 1 is 1.10 bits per heavy atom. The Balaban J connectivity index is 1.40. The van der Waals surface area contributed by atoms with Gasteiger partial charge in [-0.05, 0) is 51.4 Å². The maximum atomic E-state index is 12.1. The molecule has 154 valence electrons. The lowest BCUT2D eigenvalue weighted by molar-refractivity contribution is 0.0951. The quantitative estimate of drug-likeness (QED) is 0.582. The molecule has 0 bridgehead atoms. The number of aryl methyl sites for hydroxylation is 1. The number of carbonyl (C=O) groups is 1. The van der Waals surface area contributed by atoms with Gasteiger partial charge in [-0.15, -0.1) is 0 Å². The second kappa shape index (κ2) is 8.71. The molecule has 1 aliphatic carbocycles. The summed E-state index contributed by atoms with van der Waals surface area (Å²) in [6, 6.07) is 8.25. The van der Waals surface area contributed by atoms with Gasteiger partial charge in [0.25, 0.3) is 5.91 Å². The fraction of sp³-hybridized carbons (Fsp3) is 0.500. The van der Waals surface area contributed by atoms with Gasteiger partial charge in [-0.2, -0.15) is 0 Å². The molecule has 1 aromatic heterocycles. The summed E-state index contributed by atoms with van der Waals surface area (Å²) < 4.78 is 0. The Morgan fingerprint density at radius 3 is 2.45 bits per heavy atom. The second-order valence-electron chi connectivity index (χ2n) is 8.06. The minimum absolute atomic E-state index is 0.0287. The van der Waals surface area contributed by atoms with E-state index in [2.05, 4.69) is 36.0 Å². The number of benzene rings is 1. The third-order valence-electron chi connectivity index (χ3n) is 5.64. The fourth-order valence-electron chi connectivity index (χ4n) is 3.38. The Morgan fingerprint density at radius 2 is 1.79 bits per heavy atom. The highest BCUT2D eigenvalue weighted by Crippen LogP contribution is 2.27. The summed E-state index contributed by atoms with van der Waals surface area (Å²) in [6.45, 7) is 8.30. The molecular weight excluding hydrogens is 382 g/mol. The minimum Gasteiger partial charge on any atom is -0.354 e. The molecule has 1 saturated heterocycles. The highest BCUT2D eigenvalue weighted by molar-refractivity contribution is 7.98. The van der Waals surface area contributed by atoms with Crippen LogP contribution >= 0.6 is 11.8 Å². The van der Waals surface area contributed by atoms with Gasteiger partial charge in [0.05, 0.1) is 0 Å². The number of anilines is 1. The van der Waals surface area contributed by atoms with Crippen molar-refractivity contribution >= 4 is 23.5 Å². The smallest absolute Gasteiger partial charge is 0.251 e. The van der Waals surface area contributed by atoms with E-state index in [1.54, 1.807) is 11.8 Å². The van der Waals surface area contributed by atoms with E-state index in [9.17, 15) is 4.79 Å². The third-order valence-corrected chi connectivity index (χ3v) is 6.56. The molecule has 0 atom stereocenters. The molecule has 2 fully saturated rings. The number of amides is 1. The van der Waals surface area contributed by atoms with Crippen LogP contribution < -0.4 is 10.2 Å². The zero-order valence-electron chi connectivity index (χ0n) is 17.4. The van der Waals surface area contributed by atoms with Crippen LogP contribution in [0.15, 0.2) is 29.4 Å². The molecule has 6 nitrogen and oxygen atoms in total. The molecule has 4 rings (SSSR count). The zero-order chi connectivity index (χ0) is 20.4. The molecule has 2 aromatic rings. The van der Waals surface area contributed by atoms with Crippen LogP contribution in [0.4, 0.5) is 5.82 Å². The normalized spacial score (nSPS) is 17.4. The van der Waals surface area contributed by atoms with Crippen LogP contribution in [0, 0.1) is 13.8 Å². The van der Waals surface area contributed by atoms with Crippen molar-refractivity contribution in [3.05, 3.63) is 46.6 Å².